The summed E-state index contributed by atoms with van der Waals surface area (Å²) in [6, 6.07) is 8.84. The fourth-order valence-corrected chi connectivity index (χ4v) is 3.40. The van der Waals surface area contributed by atoms with Crippen molar-refractivity contribution in [3.8, 4) is 0 Å². The number of esters is 2. The van der Waals surface area contributed by atoms with Gasteiger partial charge in [0.25, 0.3) is 0 Å². The van der Waals surface area contributed by atoms with Crippen LogP contribution in [-0.4, -0.2) is 171 Å². The molecule has 0 aliphatic rings. The fourth-order valence-electron chi connectivity index (χ4n) is 3.40. The molecule has 0 aliphatic heterocycles. The zero-order valence-electron chi connectivity index (χ0n) is 28.5. The average molecular weight is 693 g/mol. The lowest BCUT2D eigenvalue weighted by atomic mass is 10.2. The van der Waals surface area contributed by atoms with Gasteiger partial charge in [-0.15, -0.1) is 0 Å². The van der Waals surface area contributed by atoms with E-state index in [1.807, 2.05) is 6.07 Å². The molecule has 15 heteroatoms. The van der Waals surface area contributed by atoms with E-state index in [9.17, 15) is 9.59 Å². The maximum Gasteiger partial charge on any atom is 0.338 e. The Bertz CT molecular complexity index is 831. The standard InChI is InChI=1S/C33H56O15/c1-31(34)47-29-27-45-25-23-43-21-19-41-17-15-39-13-11-37-9-7-36-8-10-38-12-14-40-16-18-42-20-22-44-24-26-46-28-30-48-33(35)32-5-3-2-4-6-32/h2-6H,7-30H2,1H3. The van der Waals surface area contributed by atoms with Gasteiger partial charge in [-0.1, -0.05) is 18.2 Å². The van der Waals surface area contributed by atoms with E-state index in [0.29, 0.717) is 151 Å². The Kier molecular flexibility index (Phi) is 32.8. The zero-order chi connectivity index (χ0) is 34.4. The molecule has 0 radical (unpaired) electrons. The highest BCUT2D eigenvalue weighted by atomic mass is 16.6. The molecule has 0 aliphatic carbocycles. The van der Waals surface area contributed by atoms with Gasteiger partial charge in [0.05, 0.1) is 151 Å². The Labute approximate surface area is 284 Å². The van der Waals surface area contributed by atoms with Crippen LogP contribution in [0.5, 0.6) is 0 Å². The van der Waals surface area contributed by atoms with Gasteiger partial charge in [0.15, 0.2) is 0 Å². The molecule has 1 aromatic rings. The quantitative estimate of drug-likeness (QED) is 0.0732. The summed E-state index contributed by atoms with van der Waals surface area (Å²) >= 11 is 0. The number of hydrogen-bond donors (Lipinski definition) is 0. The largest absolute Gasteiger partial charge is 0.463 e. The minimum absolute atomic E-state index is 0.197. The first-order valence-electron chi connectivity index (χ1n) is 16.4. The van der Waals surface area contributed by atoms with E-state index in [1.54, 1.807) is 24.3 Å². The molecule has 0 amide bonds. The number of hydrogen-bond acceptors (Lipinski definition) is 15. The van der Waals surface area contributed by atoms with Gasteiger partial charge in [-0.25, -0.2) is 4.79 Å². The summed E-state index contributed by atoms with van der Waals surface area (Å²) in [6.45, 7) is 11.9. The minimum atomic E-state index is -0.360. The molecule has 0 N–H and O–H groups in total. The fraction of sp³-hybridized carbons (Fsp3) is 0.758. The number of carbonyl (C=O) groups is 2. The van der Waals surface area contributed by atoms with E-state index in [1.165, 1.54) is 6.92 Å². The van der Waals surface area contributed by atoms with Crippen LogP contribution >= 0.6 is 0 Å². The van der Waals surface area contributed by atoms with Crippen LogP contribution in [0.4, 0.5) is 0 Å². The molecule has 0 bridgehead atoms. The van der Waals surface area contributed by atoms with Crippen LogP contribution in [0.15, 0.2) is 30.3 Å². The number of carbonyl (C=O) groups excluding carboxylic acids is 2. The van der Waals surface area contributed by atoms with Gasteiger partial charge in [0, 0.05) is 6.92 Å². The van der Waals surface area contributed by atoms with Gasteiger partial charge in [-0.3, -0.25) is 4.79 Å². The molecule has 1 rings (SSSR count). The maximum absolute atomic E-state index is 11.8. The Hall–Kier alpha value is -2.28. The zero-order valence-corrected chi connectivity index (χ0v) is 28.5. The van der Waals surface area contributed by atoms with E-state index in [-0.39, 0.29) is 25.2 Å². The van der Waals surface area contributed by atoms with Crippen LogP contribution in [0, 0.1) is 0 Å². The van der Waals surface area contributed by atoms with Crippen molar-refractivity contribution >= 4 is 11.9 Å². The van der Waals surface area contributed by atoms with Crippen molar-refractivity contribution in [2.24, 2.45) is 0 Å². The van der Waals surface area contributed by atoms with E-state index < -0.39 is 0 Å². The van der Waals surface area contributed by atoms with Crippen molar-refractivity contribution in [1.82, 2.24) is 0 Å². The monoisotopic (exact) mass is 692 g/mol. The van der Waals surface area contributed by atoms with Crippen LogP contribution in [0.25, 0.3) is 0 Å². The molecule has 0 atom stereocenters. The molecule has 278 valence electrons. The Morgan fingerprint density at radius 2 is 0.583 bits per heavy atom. The first-order valence-corrected chi connectivity index (χ1v) is 16.4. The molecule has 0 unspecified atom stereocenters. The van der Waals surface area contributed by atoms with E-state index in [0.717, 1.165) is 0 Å². The molecule has 15 nitrogen and oxygen atoms in total. The minimum Gasteiger partial charge on any atom is -0.463 e. The number of benzene rings is 1. The average Bonchev–Trinajstić information content (AvgIpc) is 3.09. The summed E-state index contributed by atoms with van der Waals surface area (Å²) in [5, 5.41) is 0. The van der Waals surface area contributed by atoms with Crippen LogP contribution < -0.4 is 0 Å². The van der Waals surface area contributed by atoms with Crippen LogP contribution in [0.1, 0.15) is 17.3 Å². The molecule has 0 saturated carbocycles. The summed E-state index contributed by atoms with van der Waals surface area (Å²) in [5.41, 5.74) is 0.522. The molecular formula is C33H56O15. The van der Waals surface area contributed by atoms with Crippen molar-refractivity contribution in [3.63, 3.8) is 0 Å². The van der Waals surface area contributed by atoms with Gasteiger partial charge in [0.2, 0.25) is 0 Å². The van der Waals surface area contributed by atoms with Crippen molar-refractivity contribution in [2.75, 3.05) is 159 Å². The van der Waals surface area contributed by atoms with E-state index in [4.69, 9.17) is 61.6 Å². The third-order valence-corrected chi connectivity index (χ3v) is 5.72. The molecule has 48 heavy (non-hydrogen) atoms. The molecule has 0 aromatic heterocycles. The topological polar surface area (TPSA) is 154 Å². The maximum atomic E-state index is 11.8. The van der Waals surface area contributed by atoms with E-state index >= 15 is 0 Å². The Morgan fingerprint density at radius 1 is 0.354 bits per heavy atom. The van der Waals surface area contributed by atoms with Crippen molar-refractivity contribution < 1.29 is 71.2 Å². The highest BCUT2D eigenvalue weighted by Crippen LogP contribution is 2.00. The van der Waals surface area contributed by atoms with Crippen LogP contribution in [0.2, 0.25) is 0 Å². The summed E-state index contributed by atoms with van der Waals surface area (Å²) < 4.78 is 69.5. The second kappa shape index (κ2) is 36.0. The summed E-state index contributed by atoms with van der Waals surface area (Å²) in [7, 11) is 0. The highest BCUT2D eigenvalue weighted by Gasteiger charge is 2.05. The predicted octanol–water partition coefficient (Wildman–Crippen LogP) is 1.59. The second-order valence-electron chi connectivity index (χ2n) is 9.58. The van der Waals surface area contributed by atoms with Gasteiger partial charge in [-0.2, -0.15) is 0 Å². The highest BCUT2D eigenvalue weighted by molar-refractivity contribution is 5.89. The van der Waals surface area contributed by atoms with Gasteiger partial charge >= 0.3 is 11.9 Å². The van der Waals surface area contributed by atoms with Crippen LogP contribution in [0.3, 0.4) is 0 Å². The summed E-state index contributed by atoms with van der Waals surface area (Å²) in [5.74, 6) is -0.675. The molecule has 0 fully saturated rings. The van der Waals surface area contributed by atoms with E-state index in [2.05, 4.69) is 0 Å². The molecule has 0 saturated heterocycles. The normalized spacial score (nSPS) is 11.2. The van der Waals surface area contributed by atoms with Crippen molar-refractivity contribution in [3.05, 3.63) is 35.9 Å². The SMILES string of the molecule is CC(=O)OCCOCCOCCOCCOCCOCCOCCOCCOCCOCCOCCOCCOC(=O)c1ccccc1. The smallest absolute Gasteiger partial charge is 0.338 e. The van der Waals surface area contributed by atoms with Gasteiger partial charge in [0.1, 0.15) is 13.2 Å². The lowest BCUT2D eigenvalue weighted by Crippen LogP contribution is -2.16. The molecule has 1 aromatic carbocycles. The summed E-state index contributed by atoms with van der Waals surface area (Å²) in [6.07, 6.45) is 0. The third-order valence-electron chi connectivity index (χ3n) is 5.72. The Morgan fingerprint density at radius 3 is 0.833 bits per heavy atom. The lowest BCUT2D eigenvalue weighted by Gasteiger charge is -2.09. The molecule has 0 spiro atoms. The van der Waals surface area contributed by atoms with Crippen LogP contribution in [-0.2, 0) is 66.4 Å². The van der Waals surface area contributed by atoms with Gasteiger partial charge in [-0.05, 0) is 12.1 Å². The summed E-state index contributed by atoms with van der Waals surface area (Å²) in [4.78, 5) is 22.4. The Balaban J connectivity index is 1.63. The third kappa shape index (κ3) is 32.3. The first-order chi connectivity index (χ1) is 23.7. The first kappa shape index (κ1) is 43.7. The number of rotatable bonds is 37. The second-order valence-corrected chi connectivity index (χ2v) is 9.58. The van der Waals surface area contributed by atoms with Crippen molar-refractivity contribution in [2.45, 2.75) is 6.92 Å². The number of ether oxygens (including phenoxy) is 13. The van der Waals surface area contributed by atoms with Crippen molar-refractivity contribution in [1.29, 1.82) is 0 Å². The predicted molar refractivity (Wildman–Crippen MR) is 172 cm³/mol. The van der Waals surface area contributed by atoms with Gasteiger partial charge < -0.3 is 61.6 Å². The lowest BCUT2D eigenvalue weighted by molar-refractivity contribution is -0.142. The molecule has 0 heterocycles. The molecular weight excluding hydrogens is 636 g/mol.